The molecule has 174 valence electrons. The smallest absolute Gasteiger partial charge is 0.265 e. The quantitative estimate of drug-likeness (QED) is 0.176. The Bertz CT molecular complexity index is 1310. The van der Waals surface area contributed by atoms with E-state index in [1.54, 1.807) is 26.2 Å². The molecule has 0 unspecified atom stereocenters. The lowest BCUT2D eigenvalue weighted by Gasteiger charge is -2.31. The summed E-state index contributed by atoms with van der Waals surface area (Å²) in [6.07, 6.45) is 1.57. The average Bonchev–Trinajstić information content (AvgIpc) is 2.84. The number of halogens is 1. The predicted octanol–water partition coefficient (Wildman–Crippen LogP) is 5.02. The van der Waals surface area contributed by atoms with Gasteiger partial charge in [-0.1, -0.05) is 42.5 Å². The Hall–Kier alpha value is -2.98. The summed E-state index contributed by atoms with van der Waals surface area (Å²) in [5.41, 5.74) is 1.78. The van der Waals surface area contributed by atoms with Gasteiger partial charge in [-0.05, 0) is 81.8 Å². The third-order valence-corrected chi connectivity index (χ3v) is 6.89. The molecule has 1 aliphatic rings. The fourth-order valence-electron chi connectivity index (χ4n) is 3.78. The summed E-state index contributed by atoms with van der Waals surface area (Å²) < 4.78 is 12.9. The summed E-state index contributed by atoms with van der Waals surface area (Å²) in [5.74, 6) is 0.304. The molecule has 1 heterocycles. The first-order valence-electron chi connectivity index (χ1n) is 10.7. The highest BCUT2D eigenvalue weighted by Gasteiger charge is 2.35. The molecular weight excluding hydrogens is 563 g/mol. The Kier molecular flexibility index (Phi) is 7.18. The van der Waals surface area contributed by atoms with Crippen LogP contribution in [0.1, 0.15) is 18.1 Å². The van der Waals surface area contributed by atoms with E-state index in [2.05, 4.69) is 40.8 Å². The van der Waals surface area contributed by atoms with Crippen molar-refractivity contribution in [3.8, 4) is 11.5 Å². The van der Waals surface area contributed by atoms with Crippen LogP contribution in [0.3, 0.4) is 0 Å². The van der Waals surface area contributed by atoms with E-state index in [1.165, 1.54) is 9.80 Å². The molecule has 1 fully saturated rings. The van der Waals surface area contributed by atoms with Crippen molar-refractivity contribution in [1.29, 1.82) is 0 Å². The number of likely N-dealkylation sites (N-methyl/N-ethyl adjacent to an activating group) is 2. The second kappa shape index (κ2) is 10.1. The van der Waals surface area contributed by atoms with Crippen LogP contribution in [0.5, 0.6) is 11.5 Å². The summed E-state index contributed by atoms with van der Waals surface area (Å²) in [4.78, 5) is 28.0. The zero-order valence-corrected chi connectivity index (χ0v) is 22.0. The number of ether oxygens (including phenoxy) is 2. The van der Waals surface area contributed by atoms with Gasteiger partial charge in [0.25, 0.3) is 11.8 Å². The highest BCUT2D eigenvalue weighted by molar-refractivity contribution is 14.1. The third kappa shape index (κ3) is 4.65. The first kappa shape index (κ1) is 24.2. The molecule has 0 aliphatic carbocycles. The number of thiocarbonyl (C=S) groups is 1. The summed E-state index contributed by atoms with van der Waals surface area (Å²) in [6, 6.07) is 18.0. The van der Waals surface area contributed by atoms with Crippen LogP contribution in [0.2, 0.25) is 0 Å². The maximum absolute atomic E-state index is 12.7. The molecule has 0 atom stereocenters. The van der Waals surface area contributed by atoms with Crippen molar-refractivity contribution in [3.63, 3.8) is 0 Å². The molecular formula is C26H23IN2O4S. The lowest BCUT2D eigenvalue weighted by Crippen LogP contribution is -2.52. The Morgan fingerprint density at radius 2 is 1.65 bits per heavy atom. The van der Waals surface area contributed by atoms with Gasteiger partial charge in [0, 0.05) is 14.1 Å². The minimum Gasteiger partial charge on any atom is -0.490 e. The molecule has 0 radical (unpaired) electrons. The van der Waals surface area contributed by atoms with Crippen molar-refractivity contribution in [1.82, 2.24) is 9.80 Å². The third-order valence-electron chi connectivity index (χ3n) is 5.54. The van der Waals surface area contributed by atoms with Crippen LogP contribution in [0.4, 0.5) is 0 Å². The number of nitrogens with zero attached hydrogens (tertiary/aromatic N) is 2. The number of hydrogen-bond donors (Lipinski definition) is 0. The Labute approximate surface area is 217 Å². The van der Waals surface area contributed by atoms with E-state index >= 15 is 0 Å². The minimum absolute atomic E-state index is 0.0428. The number of benzene rings is 3. The van der Waals surface area contributed by atoms with Crippen LogP contribution in [0.25, 0.3) is 16.8 Å². The monoisotopic (exact) mass is 586 g/mol. The first-order chi connectivity index (χ1) is 16.3. The zero-order valence-electron chi connectivity index (χ0n) is 19.0. The van der Waals surface area contributed by atoms with E-state index in [9.17, 15) is 9.59 Å². The van der Waals surface area contributed by atoms with Crippen molar-refractivity contribution in [2.45, 2.75) is 13.5 Å². The fourth-order valence-corrected chi connectivity index (χ4v) is 4.73. The van der Waals surface area contributed by atoms with Gasteiger partial charge in [0.15, 0.2) is 16.6 Å². The van der Waals surface area contributed by atoms with Crippen LogP contribution in [0.15, 0.2) is 60.2 Å². The number of fused-ring (bicyclic) bond motifs is 1. The summed E-state index contributed by atoms with van der Waals surface area (Å²) in [7, 11) is 3.11. The molecule has 0 spiro atoms. The minimum atomic E-state index is -0.433. The topological polar surface area (TPSA) is 59.1 Å². The molecule has 8 heteroatoms. The maximum Gasteiger partial charge on any atom is 0.265 e. The molecule has 0 aromatic heterocycles. The Balaban J connectivity index is 1.67. The van der Waals surface area contributed by atoms with Gasteiger partial charge in [-0.2, -0.15) is 0 Å². The zero-order chi connectivity index (χ0) is 24.4. The molecule has 3 aromatic rings. The van der Waals surface area contributed by atoms with E-state index < -0.39 is 11.8 Å². The number of amides is 2. The van der Waals surface area contributed by atoms with Gasteiger partial charge in [0.1, 0.15) is 12.2 Å². The summed E-state index contributed by atoms with van der Waals surface area (Å²) in [6.45, 7) is 2.71. The molecule has 34 heavy (non-hydrogen) atoms. The molecule has 1 saturated heterocycles. The molecule has 4 rings (SSSR count). The van der Waals surface area contributed by atoms with Crippen LogP contribution in [-0.2, 0) is 16.2 Å². The van der Waals surface area contributed by atoms with Crippen LogP contribution < -0.4 is 9.47 Å². The second-order valence-electron chi connectivity index (χ2n) is 7.76. The normalized spacial score (nSPS) is 14.1. The Morgan fingerprint density at radius 1 is 0.971 bits per heavy atom. The number of rotatable bonds is 6. The standard InChI is InChI=1S/C26H23IN2O4S/c1-4-32-22-14-16(12-20-24(30)28(2)26(34)29(3)25(20)31)13-21(27)23(22)33-15-18-10-7-9-17-8-5-6-11-19(17)18/h5-14H,4,15H2,1-3H3. The molecule has 1 aliphatic heterocycles. The number of carbonyl (C=O) groups excluding carboxylic acids is 2. The second-order valence-corrected chi connectivity index (χ2v) is 9.29. The number of carbonyl (C=O) groups is 2. The van der Waals surface area contributed by atoms with Gasteiger partial charge in [-0.3, -0.25) is 19.4 Å². The van der Waals surface area contributed by atoms with Crippen molar-refractivity contribution in [3.05, 3.63) is 74.9 Å². The highest BCUT2D eigenvalue weighted by atomic mass is 127. The lowest BCUT2D eigenvalue weighted by atomic mass is 10.1. The summed E-state index contributed by atoms with van der Waals surface area (Å²) >= 11 is 7.34. The highest BCUT2D eigenvalue weighted by Crippen LogP contribution is 2.36. The van der Waals surface area contributed by atoms with Gasteiger partial charge < -0.3 is 9.47 Å². The van der Waals surface area contributed by atoms with E-state index in [0.717, 1.165) is 19.9 Å². The molecule has 6 nitrogen and oxygen atoms in total. The lowest BCUT2D eigenvalue weighted by molar-refractivity contribution is -0.132. The van der Waals surface area contributed by atoms with Gasteiger partial charge in [-0.15, -0.1) is 0 Å². The van der Waals surface area contributed by atoms with Crippen molar-refractivity contribution in [2.24, 2.45) is 0 Å². The molecule has 0 saturated carbocycles. The fraction of sp³-hybridized carbons (Fsp3) is 0.192. The average molecular weight is 586 g/mol. The van der Waals surface area contributed by atoms with Crippen molar-refractivity contribution < 1.29 is 19.1 Å². The van der Waals surface area contributed by atoms with Crippen LogP contribution >= 0.6 is 34.8 Å². The maximum atomic E-state index is 12.7. The Morgan fingerprint density at radius 3 is 2.35 bits per heavy atom. The largest absolute Gasteiger partial charge is 0.490 e. The molecule has 3 aromatic carbocycles. The van der Waals surface area contributed by atoms with Crippen molar-refractivity contribution >= 4 is 68.6 Å². The van der Waals surface area contributed by atoms with E-state index in [1.807, 2.05) is 37.3 Å². The predicted molar refractivity (Wildman–Crippen MR) is 145 cm³/mol. The van der Waals surface area contributed by atoms with Gasteiger partial charge in [-0.25, -0.2) is 0 Å². The van der Waals surface area contributed by atoms with E-state index in [0.29, 0.717) is 30.3 Å². The number of hydrogen-bond acceptors (Lipinski definition) is 5. The first-order valence-corrected chi connectivity index (χ1v) is 12.2. The van der Waals surface area contributed by atoms with E-state index in [-0.39, 0.29) is 10.7 Å². The van der Waals surface area contributed by atoms with Crippen LogP contribution in [-0.4, -0.2) is 47.4 Å². The van der Waals surface area contributed by atoms with E-state index in [4.69, 9.17) is 21.7 Å². The summed E-state index contributed by atoms with van der Waals surface area (Å²) in [5, 5.41) is 2.47. The molecule has 0 N–H and O–H groups in total. The van der Waals surface area contributed by atoms with Crippen molar-refractivity contribution in [2.75, 3.05) is 20.7 Å². The van der Waals surface area contributed by atoms with Gasteiger partial charge in [0.05, 0.1) is 10.2 Å². The van der Waals surface area contributed by atoms with Gasteiger partial charge >= 0.3 is 0 Å². The van der Waals surface area contributed by atoms with Gasteiger partial charge in [0.2, 0.25) is 0 Å². The molecule has 0 bridgehead atoms. The SMILES string of the molecule is CCOc1cc(C=C2C(=O)N(C)C(=S)N(C)C2=O)cc(I)c1OCc1cccc2ccccc12. The van der Waals surface area contributed by atoms with Crippen LogP contribution in [0, 0.1) is 3.57 Å². The molecule has 2 amide bonds.